The van der Waals surface area contributed by atoms with Crippen LogP contribution in [0.4, 0.5) is 4.39 Å². The van der Waals surface area contributed by atoms with Crippen LogP contribution in [0.3, 0.4) is 0 Å². The van der Waals surface area contributed by atoms with E-state index >= 15 is 0 Å². The third kappa shape index (κ3) is 3.75. The molecule has 7 heteroatoms. The smallest absolute Gasteiger partial charge is 0.189 e. The fraction of sp³-hybridized carbons (Fsp3) is 0.471. The first-order valence-electron chi connectivity index (χ1n) is 7.96. The Labute approximate surface area is 152 Å². The van der Waals surface area contributed by atoms with E-state index in [0.29, 0.717) is 16.9 Å². The van der Waals surface area contributed by atoms with Crippen LogP contribution in [0.15, 0.2) is 29.1 Å². The van der Waals surface area contributed by atoms with Gasteiger partial charge in [-0.15, -0.1) is 24.8 Å². The largest absolute Gasteiger partial charge is 0.357 e. The van der Waals surface area contributed by atoms with Gasteiger partial charge in [0.05, 0.1) is 0 Å². The molecule has 2 aliphatic heterocycles. The van der Waals surface area contributed by atoms with Gasteiger partial charge in [-0.25, -0.2) is 4.39 Å². The van der Waals surface area contributed by atoms with Gasteiger partial charge in [0.25, 0.3) is 0 Å². The Morgan fingerprint density at radius 3 is 2.83 bits per heavy atom. The van der Waals surface area contributed by atoms with Crippen molar-refractivity contribution in [2.45, 2.75) is 25.4 Å². The number of benzene rings is 1. The first-order chi connectivity index (χ1) is 10.7. The molecule has 0 aliphatic carbocycles. The molecule has 2 saturated heterocycles. The molecule has 2 fully saturated rings. The fourth-order valence-electron chi connectivity index (χ4n) is 3.87. The highest BCUT2D eigenvalue weighted by Gasteiger charge is 2.34. The topological polar surface area (TPSA) is 48.1 Å². The minimum absolute atomic E-state index is 0. The summed E-state index contributed by atoms with van der Waals surface area (Å²) in [5, 5.41) is 4.01. The van der Waals surface area contributed by atoms with Crippen LogP contribution < -0.4 is 10.7 Å². The lowest BCUT2D eigenvalue weighted by molar-refractivity contribution is 0.309. The minimum atomic E-state index is -0.375. The molecule has 0 unspecified atom stereocenters. The van der Waals surface area contributed by atoms with Crippen molar-refractivity contribution in [3.05, 3.63) is 46.0 Å². The summed E-state index contributed by atoms with van der Waals surface area (Å²) in [5.74, 6) is 0.357. The molecule has 2 atom stereocenters. The SMILES string of the molecule is Cl.Cl.O=c1cc(CN2C[C@@H]3CCCN[C@@H]3C2)[nH]c2ccc(F)cc12. The summed E-state index contributed by atoms with van der Waals surface area (Å²) >= 11 is 0. The standard InChI is InChI=1S/C17H20FN3O.2ClH/c18-12-3-4-15-14(6-12)17(22)7-13(20-15)9-21-8-11-2-1-5-19-16(11)10-21;;/h3-4,6-7,11,16,19H,1-2,5,8-10H2,(H,20,22);2*1H/t11-,16+;;/m0../s1. The molecular weight excluding hydrogens is 352 g/mol. The number of aromatic nitrogens is 1. The van der Waals surface area contributed by atoms with Crippen LogP contribution in [-0.4, -0.2) is 35.6 Å². The number of nitrogens with one attached hydrogen (secondary N) is 2. The number of nitrogens with zero attached hydrogens (tertiary/aromatic N) is 1. The zero-order valence-corrected chi connectivity index (χ0v) is 14.9. The van der Waals surface area contributed by atoms with Crippen molar-refractivity contribution in [1.29, 1.82) is 0 Å². The van der Waals surface area contributed by atoms with Gasteiger partial charge in [-0.2, -0.15) is 0 Å². The van der Waals surface area contributed by atoms with E-state index in [1.165, 1.54) is 25.0 Å². The molecule has 0 saturated carbocycles. The maximum Gasteiger partial charge on any atom is 0.189 e. The molecule has 2 aliphatic rings. The maximum absolute atomic E-state index is 13.2. The predicted octanol–water partition coefficient (Wildman–Crippen LogP) is 2.69. The van der Waals surface area contributed by atoms with Crippen molar-refractivity contribution in [3.63, 3.8) is 0 Å². The summed E-state index contributed by atoms with van der Waals surface area (Å²) in [6, 6.07) is 6.52. The average molecular weight is 374 g/mol. The number of fused-ring (bicyclic) bond motifs is 2. The Kier molecular flexibility index (Phi) is 6.26. The van der Waals surface area contributed by atoms with Crippen LogP contribution >= 0.6 is 24.8 Å². The summed E-state index contributed by atoms with van der Waals surface area (Å²) in [4.78, 5) is 17.8. The second-order valence-electron chi connectivity index (χ2n) is 6.51. The summed E-state index contributed by atoms with van der Waals surface area (Å²) in [5.41, 5.74) is 1.50. The molecule has 2 N–H and O–H groups in total. The van der Waals surface area contributed by atoms with Gasteiger partial charge in [0.15, 0.2) is 5.43 Å². The Morgan fingerprint density at radius 1 is 1.21 bits per heavy atom. The molecular formula is C17H22Cl2FN3O. The van der Waals surface area contributed by atoms with Crippen LogP contribution in [0.1, 0.15) is 18.5 Å². The van der Waals surface area contributed by atoms with Gasteiger partial charge >= 0.3 is 0 Å². The molecule has 0 amide bonds. The highest BCUT2D eigenvalue weighted by molar-refractivity contribution is 5.85. The van der Waals surface area contributed by atoms with Gasteiger partial charge in [0, 0.05) is 48.3 Å². The molecule has 0 radical (unpaired) electrons. The monoisotopic (exact) mass is 373 g/mol. The summed E-state index contributed by atoms with van der Waals surface area (Å²) in [6.07, 6.45) is 2.55. The van der Waals surface area contributed by atoms with Crippen LogP contribution in [0.25, 0.3) is 10.9 Å². The Morgan fingerprint density at radius 2 is 2.04 bits per heavy atom. The van der Waals surface area contributed by atoms with E-state index in [4.69, 9.17) is 0 Å². The number of H-pyrrole nitrogens is 1. The Balaban J connectivity index is 0.00000104. The van der Waals surface area contributed by atoms with E-state index in [9.17, 15) is 9.18 Å². The lowest BCUT2D eigenvalue weighted by Gasteiger charge is -2.24. The second kappa shape index (κ2) is 7.83. The quantitative estimate of drug-likeness (QED) is 0.850. The number of aromatic amines is 1. The lowest BCUT2D eigenvalue weighted by Crippen LogP contribution is -2.40. The zero-order chi connectivity index (χ0) is 15.1. The van der Waals surface area contributed by atoms with E-state index in [0.717, 1.165) is 37.8 Å². The van der Waals surface area contributed by atoms with E-state index in [2.05, 4.69) is 15.2 Å². The zero-order valence-electron chi connectivity index (χ0n) is 13.3. The number of hydrogen-bond donors (Lipinski definition) is 2. The van der Waals surface area contributed by atoms with Crippen molar-refractivity contribution in [3.8, 4) is 0 Å². The number of halogens is 3. The van der Waals surface area contributed by atoms with Gasteiger partial charge in [-0.3, -0.25) is 9.69 Å². The Bertz CT molecular complexity index is 753. The number of rotatable bonds is 2. The number of likely N-dealkylation sites (tertiary alicyclic amines) is 1. The van der Waals surface area contributed by atoms with Crippen LogP contribution in [0.5, 0.6) is 0 Å². The third-order valence-corrected chi connectivity index (χ3v) is 4.92. The van der Waals surface area contributed by atoms with Crippen molar-refractivity contribution in [2.75, 3.05) is 19.6 Å². The summed E-state index contributed by atoms with van der Waals surface area (Å²) in [6.45, 7) is 3.99. The molecule has 4 nitrogen and oxygen atoms in total. The normalized spacial score (nSPS) is 23.4. The first kappa shape index (κ1) is 19.2. The second-order valence-corrected chi connectivity index (χ2v) is 6.51. The maximum atomic E-state index is 13.2. The molecule has 0 spiro atoms. The third-order valence-electron chi connectivity index (χ3n) is 4.92. The summed E-state index contributed by atoms with van der Waals surface area (Å²) in [7, 11) is 0. The molecule has 24 heavy (non-hydrogen) atoms. The van der Waals surface area contributed by atoms with Crippen LogP contribution in [0, 0.1) is 11.7 Å². The highest BCUT2D eigenvalue weighted by atomic mass is 35.5. The first-order valence-corrected chi connectivity index (χ1v) is 7.96. The predicted molar refractivity (Wildman–Crippen MR) is 98.8 cm³/mol. The van der Waals surface area contributed by atoms with E-state index in [1.54, 1.807) is 12.1 Å². The van der Waals surface area contributed by atoms with Crippen molar-refractivity contribution in [1.82, 2.24) is 15.2 Å². The van der Waals surface area contributed by atoms with Gasteiger partial charge < -0.3 is 10.3 Å². The van der Waals surface area contributed by atoms with Crippen molar-refractivity contribution < 1.29 is 4.39 Å². The van der Waals surface area contributed by atoms with Crippen molar-refractivity contribution >= 4 is 35.7 Å². The highest BCUT2D eigenvalue weighted by Crippen LogP contribution is 2.25. The summed E-state index contributed by atoms with van der Waals surface area (Å²) < 4.78 is 13.2. The number of hydrogen-bond acceptors (Lipinski definition) is 3. The molecule has 132 valence electrons. The van der Waals surface area contributed by atoms with Crippen LogP contribution in [-0.2, 0) is 6.54 Å². The average Bonchev–Trinajstić information content (AvgIpc) is 2.90. The van der Waals surface area contributed by atoms with Gasteiger partial charge in [-0.1, -0.05) is 0 Å². The van der Waals surface area contributed by atoms with Crippen molar-refractivity contribution in [2.24, 2.45) is 5.92 Å². The molecule has 0 bridgehead atoms. The minimum Gasteiger partial charge on any atom is -0.357 e. The fourth-order valence-corrected chi connectivity index (χ4v) is 3.87. The van der Waals surface area contributed by atoms with E-state index in [-0.39, 0.29) is 36.1 Å². The van der Waals surface area contributed by atoms with E-state index in [1.807, 2.05) is 0 Å². The number of pyridine rings is 1. The van der Waals surface area contributed by atoms with E-state index < -0.39 is 0 Å². The molecule has 2 aromatic rings. The van der Waals surface area contributed by atoms with Gasteiger partial charge in [0.1, 0.15) is 5.82 Å². The van der Waals surface area contributed by atoms with Crippen LogP contribution in [0.2, 0.25) is 0 Å². The molecule has 1 aromatic heterocycles. The van der Waals surface area contributed by atoms with Gasteiger partial charge in [-0.05, 0) is 43.5 Å². The Hall–Kier alpha value is -1.14. The molecule has 4 rings (SSSR count). The number of piperidine rings is 1. The van der Waals surface area contributed by atoms with Gasteiger partial charge in [0.2, 0.25) is 0 Å². The molecule has 1 aromatic carbocycles. The lowest BCUT2D eigenvalue weighted by atomic mass is 9.94. The molecule has 3 heterocycles.